The van der Waals surface area contributed by atoms with Crippen molar-refractivity contribution in [3.8, 4) is 11.5 Å². The van der Waals surface area contributed by atoms with E-state index in [-0.39, 0.29) is 23.7 Å². The molecule has 0 fully saturated rings. The molecule has 0 aliphatic rings. The second kappa shape index (κ2) is 8.11. The number of ether oxygens (including phenoxy) is 1. The average molecular weight is 392 g/mol. The first-order chi connectivity index (χ1) is 11.5. The van der Waals surface area contributed by atoms with Crippen molar-refractivity contribution < 1.29 is 19.4 Å². The summed E-state index contributed by atoms with van der Waals surface area (Å²) in [5, 5.41) is 13.4. The number of para-hydroxylation sites is 1. The average Bonchev–Trinajstić information content (AvgIpc) is 2.56. The van der Waals surface area contributed by atoms with E-state index in [1.54, 1.807) is 24.3 Å². The molecular weight excluding hydrogens is 378 g/mol. The van der Waals surface area contributed by atoms with E-state index in [1.165, 1.54) is 24.4 Å². The Hall–Kier alpha value is -2.87. The predicted octanol–water partition coefficient (Wildman–Crippen LogP) is 1.78. The fraction of sp³-hybridized carbons (Fsp3) is 0.0625. The molecule has 7 nitrogen and oxygen atoms in total. The summed E-state index contributed by atoms with van der Waals surface area (Å²) in [6, 6.07) is 11.2. The van der Waals surface area contributed by atoms with Gasteiger partial charge in [0, 0.05) is 10.0 Å². The van der Waals surface area contributed by atoms with E-state index in [0.29, 0.717) is 5.56 Å². The smallest absolute Gasteiger partial charge is 0.277 e. The van der Waals surface area contributed by atoms with Gasteiger partial charge in [0.2, 0.25) is 0 Å². The number of rotatable bonds is 6. The summed E-state index contributed by atoms with van der Waals surface area (Å²) in [5.41, 5.74) is 8.10. The first-order valence-corrected chi connectivity index (χ1v) is 7.58. The third-order valence-electron chi connectivity index (χ3n) is 2.89. The highest BCUT2D eigenvalue weighted by atomic mass is 79.9. The summed E-state index contributed by atoms with van der Waals surface area (Å²) in [6.07, 6.45) is 1.30. The van der Waals surface area contributed by atoms with Crippen molar-refractivity contribution in [2.45, 2.75) is 0 Å². The number of hydrogen-bond acceptors (Lipinski definition) is 5. The summed E-state index contributed by atoms with van der Waals surface area (Å²) in [5.74, 6) is -0.925. The first kappa shape index (κ1) is 17.5. The van der Waals surface area contributed by atoms with Gasteiger partial charge in [-0.3, -0.25) is 9.59 Å². The van der Waals surface area contributed by atoms with Gasteiger partial charge in [0.05, 0.1) is 11.8 Å². The molecule has 0 radical (unpaired) electrons. The second-order valence-electron chi connectivity index (χ2n) is 4.65. The fourth-order valence-corrected chi connectivity index (χ4v) is 2.15. The van der Waals surface area contributed by atoms with E-state index < -0.39 is 11.8 Å². The van der Waals surface area contributed by atoms with Crippen molar-refractivity contribution >= 4 is 34.0 Å². The number of nitrogens with zero attached hydrogens (tertiary/aromatic N) is 1. The summed E-state index contributed by atoms with van der Waals surface area (Å²) in [6.45, 7) is -0.341. The topological polar surface area (TPSA) is 114 Å². The van der Waals surface area contributed by atoms with Crippen LogP contribution in [0.25, 0.3) is 0 Å². The number of nitrogens with two attached hydrogens (primary N) is 1. The lowest BCUT2D eigenvalue weighted by atomic mass is 10.2. The van der Waals surface area contributed by atoms with Crippen molar-refractivity contribution in [2.75, 3.05) is 6.61 Å². The van der Waals surface area contributed by atoms with Gasteiger partial charge >= 0.3 is 0 Å². The minimum absolute atomic E-state index is 0.0304. The maximum absolute atomic E-state index is 11.7. The minimum Gasteiger partial charge on any atom is -0.507 e. The van der Waals surface area contributed by atoms with E-state index in [1.807, 2.05) is 0 Å². The maximum Gasteiger partial charge on any atom is 0.277 e. The number of hydrazone groups is 1. The molecule has 2 aromatic carbocycles. The predicted molar refractivity (Wildman–Crippen MR) is 92.0 cm³/mol. The van der Waals surface area contributed by atoms with Gasteiger partial charge in [0.25, 0.3) is 11.8 Å². The lowest BCUT2D eigenvalue weighted by Gasteiger charge is -2.08. The molecule has 2 aromatic rings. The summed E-state index contributed by atoms with van der Waals surface area (Å²) in [7, 11) is 0. The summed E-state index contributed by atoms with van der Waals surface area (Å²) >= 11 is 3.27. The number of primary amides is 1. The molecule has 4 N–H and O–H groups in total. The quantitative estimate of drug-likeness (QED) is 0.514. The number of nitrogens with one attached hydrogen (secondary N) is 1. The number of phenolic OH excluding ortho intramolecular Hbond substituents is 1. The van der Waals surface area contributed by atoms with Crippen LogP contribution in [0.2, 0.25) is 0 Å². The lowest BCUT2D eigenvalue weighted by Crippen LogP contribution is -2.25. The first-order valence-electron chi connectivity index (χ1n) is 6.79. The molecule has 0 aliphatic heterocycles. The van der Waals surface area contributed by atoms with Crippen LogP contribution < -0.4 is 15.9 Å². The number of halogens is 1. The number of amides is 2. The number of aromatic hydroxyl groups is 1. The summed E-state index contributed by atoms with van der Waals surface area (Å²) < 4.78 is 6.03. The zero-order valence-electron chi connectivity index (χ0n) is 12.4. The molecule has 0 aromatic heterocycles. The van der Waals surface area contributed by atoms with Crippen LogP contribution in [0.4, 0.5) is 0 Å². The van der Waals surface area contributed by atoms with Crippen molar-refractivity contribution in [2.24, 2.45) is 10.8 Å². The Morgan fingerprint density at radius 3 is 2.79 bits per heavy atom. The normalized spacial score (nSPS) is 10.5. The van der Waals surface area contributed by atoms with Crippen LogP contribution >= 0.6 is 15.9 Å². The zero-order chi connectivity index (χ0) is 17.5. The summed E-state index contributed by atoms with van der Waals surface area (Å²) in [4.78, 5) is 22.9. The number of carbonyl (C=O) groups is 2. The standard InChI is InChI=1S/C16H14BrN3O4/c17-11-5-6-13(21)10(7-11)8-19-20-15(22)9-24-14-4-2-1-3-12(14)16(18)23/h1-8,21H,9H2,(H2,18,23)(H,20,22). The molecule has 0 spiro atoms. The Kier molecular flexibility index (Phi) is 5.91. The number of carbonyl (C=O) groups excluding carboxylic acids is 2. The van der Waals surface area contributed by atoms with E-state index >= 15 is 0 Å². The van der Waals surface area contributed by atoms with Crippen molar-refractivity contribution in [1.82, 2.24) is 5.43 Å². The lowest BCUT2D eigenvalue weighted by molar-refractivity contribution is -0.123. The maximum atomic E-state index is 11.7. The number of benzene rings is 2. The zero-order valence-corrected chi connectivity index (χ0v) is 14.0. The van der Waals surface area contributed by atoms with Crippen LogP contribution in [0.3, 0.4) is 0 Å². The van der Waals surface area contributed by atoms with E-state index in [0.717, 1.165) is 4.47 Å². The molecule has 0 aliphatic carbocycles. The molecule has 24 heavy (non-hydrogen) atoms. The van der Waals surface area contributed by atoms with Gasteiger partial charge in [-0.25, -0.2) is 5.43 Å². The Labute approximate surface area is 146 Å². The Bertz CT molecular complexity index is 793. The molecule has 0 heterocycles. The molecule has 2 rings (SSSR count). The largest absolute Gasteiger partial charge is 0.507 e. The van der Waals surface area contributed by atoms with Crippen LogP contribution in [0, 0.1) is 0 Å². The van der Waals surface area contributed by atoms with Crippen LogP contribution in [-0.2, 0) is 4.79 Å². The van der Waals surface area contributed by atoms with Gasteiger partial charge in [-0.1, -0.05) is 28.1 Å². The SMILES string of the molecule is NC(=O)c1ccccc1OCC(=O)NN=Cc1cc(Br)ccc1O. The van der Waals surface area contributed by atoms with Crippen LogP contribution in [0.15, 0.2) is 52.0 Å². The van der Waals surface area contributed by atoms with Crippen molar-refractivity contribution in [3.05, 3.63) is 58.1 Å². The minimum atomic E-state index is -0.644. The molecule has 0 unspecified atom stereocenters. The van der Waals surface area contributed by atoms with Gasteiger partial charge in [0.1, 0.15) is 11.5 Å². The fourth-order valence-electron chi connectivity index (χ4n) is 1.77. The Balaban J connectivity index is 1.91. The Morgan fingerprint density at radius 1 is 1.29 bits per heavy atom. The highest BCUT2D eigenvalue weighted by Crippen LogP contribution is 2.20. The highest BCUT2D eigenvalue weighted by molar-refractivity contribution is 9.10. The van der Waals surface area contributed by atoms with Gasteiger partial charge in [-0.15, -0.1) is 0 Å². The molecule has 0 atom stereocenters. The molecule has 0 bridgehead atoms. The van der Waals surface area contributed by atoms with Gasteiger partial charge in [-0.2, -0.15) is 5.10 Å². The molecular formula is C16H14BrN3O4. The Morgan fingerprint density at radius 2 is 2.04 bits per heavy atom. The van der Waals surface area contributed by atoms with Crippen LogP contribution in [-0.4, -0.2) is 29.7 Å². The van der Waals surface area contributed by atoms with Crippen molar-refractivity contribution in [1.29, 1.82) is 0 Å². The molecule has 8 heteroatoms. The molecule has 0 saturated carbocycles. The van der Waals surface area contributed by atoms with Gasteiger partial charge in [-0.05, 0) is 30.3 Å². The van der Waals surface area contributed by atoms with Crippen molar-refractivity contribution in [3.63, 3.8) is 0 Å². The van der Waals surface area contributed by atoms with E-state index in [2.05, 4.69) is 26.5 Å². The van der Waals surface area contributed by atoms with Gasteiger partial charge in [0.15, 0.2) is 6.61 Å². The van der Waals surface area contributed by atoms with Crippen LogP contribution in [0.1, 0.15) is 15.9 Å². The highest BCUT2D eigenvalue weighted by Gasteiger charge is 2.10. The molecule has 2 amide bonds. The second-order valence-corrected chi connectivity index (χ2v) is 5.56. The van der Waals surface area contributed by atoms with Crippen LogP contribution in [0.5, 0.6) is 11.5 Å². The number of hydrogen-bond donors (Lipinski definition) is 3. The number of phenols is 1. The van der Waals surface area contributed by atoms with Gasteiger partial charge < -0.3 is 15.6 Å². The molecule has 124 valence electrons. The van der Waals surface area contributed by atoms with E-state index in [4.69, 9.17) is 10.5 Å². The molecule has 0 saturated heterocycles. The monoisotopic (exact) mass is 391 g/mol. The third-order valence-corrected chi connectivity index (χ3v) is 3.39. The third kappa shape index (κ3) is 4.82. The van der Waals surface area contributed by atoms with E-state index in [9.17, 15) is 14.7 Å².